The van der Waals surface area contributed by atoms with E-state index < -0.39 is 23.7 Å². The second-order valence-corrected chi connectivity index (χ2v) is 10.8. The predicted octanol–water partition coefficient (Wildman–Crippen LogP) is 3.43. The minimum Gasteiger partial charge on any atom is -0.507 e. The number of rotatable bonds is 5. The van der Waals surface area contributed by atoms with Crippen molar-refractivity contribution in [2.75, 3.05) is 5.32 Å². The smallest absolute Gasteiger partial charge is 0.271 e. The normalized spacial score (nSPS) is 17.3. The lowest BCUT2D eigenvalue weighted by molar-refractivity contribution is -0.110. The van der Waals surface area contributed by atoms with Gasteiger partial charge in [-0.15, -0.1) is 0 Å². The van der Waals surface area contributed by atoms with Gasteiger partial charge in [0, 0.05) is 33.8 Å². The Bertz CT molecular complexity index is 1740. The number of carbonyl (C=O) groups is 1. The van der Waals surface area contributed by atoms with Crippen LogP contribution in [-0.2, 0) is 4.79 Å². The third-order valence-corrected chi connectivity index (χ3v) is 6.50. The van der Waals surface area contributed by atoms with Crippen LogP contribution >= 0.6 is 0 Å². The number of hydrogen-bond acceptors (Lipinski definition) is 8. The lowest BCUT2D eigenvalue weighted by atomic mass is 9.99. The van der Waals surface area contributed by atoms with E-state index in [4.69, 9.17) is 4.99 Å². The molecule has 39 heavy (non-hydrogen) atoms. The monoisotopic (exact) mass is 525 g/mol. The highest BCUT2D eigenvalue weighted by Gasteiger charge is 2.28. The molecule has 1 aliphatic rings. The van der Waals surface area contributed by atoms with Crippen molar-refractivity contribution in [1.82, 2.24) is 5.43 Å². The number of phenolic OH excluding ortho intramolecular Hbond substituents is 2. The SMILES string of the molecule is Cc1ccc(NC(=O)/C(C[C@@H]2N=c3c(ccc4c(O)c5ccccc5c(O)c34)=N[C@H]2O)=N/NC(C)(C)C)cc1. The van der Waals surface area contributed by atoms with Gasteiger partial charge >= 0.3 is 0 Å². The minimum absolute atomic E-state index is 0.0215. The van der Waals surface area contributed by atoms with Crippen LogP contribution in [0.4, 0.5) is 5.69 Å². The third kappa shape index (κ3) is 5.26. The number of hydrogen-bond donors (Lipinski definition) is 5. The molecular weight excluding hydrogens is 494 g/mol. The van der Waals surface area contributed by atoms with E-state index in [0.29, 0.717) is 37.9 Å². The van der Waals surface area contributed by atoms with Crippen LogP contribution in [-0.4, -0.2) is 44.7 Å². The van der Waals surface area contributed by atoms with E-state index in [-0.39, 0.29) is 23.6 Å². The number of nitrogens with one attached hydrogen (secondary N) is 2. The van der Waals surface area contributed by atoms with Gasteiger partial charge in [-0.1, -0.05) is 42.0 Å². The van der Waals surface area contributed by atoms with Crippen LogP contribution in [0, 0.1) is 6.92 Å². The first-order valence-electron chi connectivity index (χ1n) is 12.7. The Morgan fingerprint density at radius 3 is 2.26 bits per heavy atom. The van der Waals surface area contributed by atoms with Crippen LogP contribution in [0.15, 0.2) is 75.7 Å². The number of aliphatic hydroxyl groups is 1. The predicted molar refractivity (Wildman–Crippen MR) is 152 cm³/mol. The molecule has 0 radical (unpaired) electrons. The fraction of sp³-hybridized carbons (Fsp3) is 0.267. The van der Waals surface area contributed by atoms with Crippen LogP contribution in [0.25, 0.3) is 21.5 Å². The average molecular weight is 526 g/mol. The number of hydrazone groups is 1. The zero-order valence-corrected chi connectivity index (χ0v) is 22.2. The number of anilines is 1. The van der Waals surface area contributed by atoms with E-state index in [9.17, 15) is 20.1 Å². The molecule has 1 aliphatic heterocycles. The molecule has 2 atom stereocenters. The molecule has 200 valence electrons. The molecule has 9 heteroatoms. The van der Waals surface area contributed by atoms with Crippen LogP contribution in [0.3, 0.4) is 0 Å². The number of fused-ring (bicyclic) bond motifs is 4. The quantitative estimate of drug-likeness (QED) is 0.118. The Kier molecular flexibility index (Phi) is 6.69. The first-order chi connectivity index (χ1) is 18.5. The van der Waals surface area contributed by atoms with Gasteiger partial charge in [0.05, 0.1) is 16.1 Å². The number of aliphatic hydroxyl groups excluding tert-OH is 1. The molecule has 0 unspecified atom stereocenters. The molecule has 4 aromatic carbocycles. The number of carbonyl (C=O) groups excluding carboxylic acids is 1. The van der Waals surface area contributed by atoms with Crippen molar-refractivity contribution in [2.24, 2.45) is 15.1 Å². The molecule has 4 aromatic rings. The summed E-state index contributed by atoms with van der Waals surface area (Å²) < 4.78 is 0. The van der Waals surface area contributed by atoms with Gasteiger partial charge in [-0.3, -0.25) is 9.79 Å². The topological polar surface area (TPSA) is 139 Å². The molecule has 0 fully saturated rings. The van der Waals surface area contributed by atoms with Crippen LogP contribution < -0.4 is 21.5 Å². The van der Waals surface area contributed by atoms with E-state index in [0.717, 1.165) is 5.56 Å². The average Bonchev–Trinajstić information content (AvgIpc) is 2.90. The van der Waals surface area contributed by atoms with Crippen LogP contribution in [0.5, 0.6) is 11.5 Å². The maximum Gasteiger partial charge on any atom is 0.271 e. The summed E-state index contributed by atoms with van der Waals surface area (Å²) in [5.41, 5.74) is 4.39. The Labute approximate surface area is 225 Å². The van der Waals surface area contributed by atoms with Crippen molar-refractivity contribution in [3.05, 3.63) is 76.9 Å². The standard InChI is InChI=1S/C30H31N5O4/c1-16-9-11-17(12-10-16)31-29(39)23(34-35-30(2,3)4)15-22-28(38)33-21-14-13-20-24(25(21)32-22)27(37)19-8-6-5-7-18(19)26(20)36/h5-14,22,28,35-38H,15H2,1-4H3,(H,31,39)/b34-23+/t22-,28-/m0/s1. The van der Waals surface area contributed by atoms with Crippen molar-refractivity contribution < 1.29 is 20.1 Å². The van der Waals surface area contributed by atoms with Crippen molar-refractivity contribution in [2.45, 2.75) is 51.9 Å². The van der Waals surface area contributed by atoms with Crippen molar-refractivity contribution in [1.29, 1.82) is 0 Å². The van der Waals surface area contributed by atoms with Crippen molar-refractivity contribution in [3.8, 4) is 11.5 Å². The van der Waals surface area contributed by atoms with Crippen molar-refractivity contribution >= 4 is 38.9 Å². The molecule has 1 heterocycles. The second kappa shape index (κ2) is 9.99. The fourth-order valence-corrected chi connectivity index (χ4v) is 4.50. The number of benzene rings is 4. The summed E-state index contributed by atoms with van der Waals surface area (Å²) >= 11 is 0. The molecule has 0 bridgehead atoms. The summed E-state index contributed by atoms with van der Waals surface area (Å²) in [6, 6.07) is 16.8. The fourth-order valence-electron chi connectivity index (χ4n) is 4.50. The number of amides is 1. The van der Waals surface area contributed by atoms with E-state index in [1.165, 1.54) is 0 Å². The molecule has 0 saturated carbocycles. The van der Waals surface area contributed by atoms with E-state index in [1.54, 1.807) is 48.5 Å². The maximum absolute atomic E-state index is 13.3. The Morgan fingerprint density at radius 2 is 1.59 bits per heavy atom. The highest BCUT2D eigenvalue weighted by atomic mass is 16.3. The van der Waals surface area contributed by atoms with Gasteiger partial charge in [0.25, 0.3) is 5.91 Å². The summed E-state index contributed by atoms with van der Waals surface area (Å²) in [5, 5.41) is 42.7. The molecule has 0 aromatic heterocycles. The van der Waals surface area contributed by atoms with Gasteiger partial charge in [0.15, 0.2) is 6.23 Å². The third-order valence-electron chi connectivity index (χ3n) is 6.50. The van der Waals surface area contributed by atoms with E-state index in [1.807, 2.05) is 39.8 Å². The number of aryl methyl sites for hydroxylation is 1. The number of aromatic hydroxyl groups is 2. The lowest BCUT2D eigenvalue weighted by Crippen LogP contribution is -2.42. The molecule has 9 nitrogen and oxygen atoms in total. The van der Waals surface area contributed by atoms with Gasteiger partial charge in [0.2, 0.25) is 0 Å². The molecular formula is C30H31N5O4. The van der Waals surface area contributed by atoms with E-state index in [2.05, 4.69) is 20.8 Å². The summed E-state index contributed by atoms with van der Waals surface area (Å²) in [7, 11) is 0. The molecule has 5 N–H and O–H groups in total. The zero-order chi connectivity index (χ0) is 27.9. The first kappa shape index (κ1) is 26.1. The minimum atomic E-state index is -1.24. The molecule has 0 saturated heterocycles. The van der Waals surface area contributed by atoms with Gasteiger partial charge in [0.1, 0.15) is 23.3 Å². The van der Waals surface area contributed by atoms with Gasteiger partial charge in [-0.25, -0.2) is 4.99 Å². The second-order valence-electron chi connectivity index (χ2n) is 10.8. The highest BCUT2D eigenvalue weighted by Crippen LogP contribution is 2.39. The van der Waals surface area contributed by atoms with E-state index >= 15 is 0 Å². The Hall–Kier alpha value is -4.50. The van der Waals surface area contributed by atoms with Gasteiger partial charge < -0.3 is 26.1 Å². The van der Waals surface area contributed by atoms with Gasteiger partial charge in [-0.2, -0.15) is 5.10 Å². The highest BCUT2D eigenvalue weighted by molar-refractivity contribution is 6.43. The maximum atomic E-state index is 13.3. The summed E-state index contributed by atoms with van der Waals surface area (Å²) in [6.07, 6.45) is -1.26. The van der Waals surface area contributed by atoms with Crippen LogP contribution in [0.2, 0.25) is 0 Å². The summed E-state index contributed by atoms with van der Waals surface area (Å²) in [4.78, 5) is 22.4. The van der Waals surface area contributed by atoms with Gasteiger partial charge in [-0.05, 0) is 52.0 Å². The van der Waals surface area contributed by atoms with Crippen LogP contribution in [0.1, 0.15) is 32.8 Å². The summed E-state index contributed by atoms with van der Waals surface area (Å²) in [6.45, 7) is 7.72. The zero-order valence-electron chi connectivity index (χ0n) is 22.2. The number of nitrogens with zero attached hydrogens (tertiary/aromatic N) is 3. The Balaban J connectivity index is 1.58. The summed E-state index contributed by atoms with van der Waals surface area (Å²) in [5.74, 6) is -0.453. The molecule has 1 amide bonds. The molecule has 5 rings (SSSR count). The Morgan fingerprint density at radius 1 is 0.923 bits per heavy atom. The number of phenols is 2. The van der Waals surface area contributed by atoms with Crippen molar-refractivity contribution in [3.63, 3.8) is 0 Å². The largest absolute Gasteiger partial charge is 0.507 e. The lowest BCUT2D eigenvalue weighted by Gasteiger charge is -2.22. The molecule has 0 aliphatic carbocycles. The first-order valence-corrected chi connectivity index (χ1v) is 12.7. The molecule has 0 spiro atoms.